The molecule has 18 heteroatoms. The van der Waals surface area contributed by atoms with E-state index in [0.717, 1.165) is 108 Å². The third-order valence-corrected chi connectivity index (χ3v) is 13.9. The van der Waals surface area contributed by atoms with Gasteiger partial charge in [0, 0.05) is 135 Å². The molecule has 0 heterocycles. The standard InChI is InChI=1S/C62H80F12N6/c1-5-9-41-75(45-13-37-59(63,64)65)49-17-25-53(26-18-49)79(54-27-19-50(20-28-54)76(42-10-6-2)46-14-38-60(66,67)68)57-33-35-58(36-34-57)80(55-29-21-51(22-30-55)77(43-11-7-3)47-15-39-61(69,70)71)56-31-23-52(24-32-56)78(44-12-8-4)48-16-40-62(72,73)74/h17-36H,5-16,37-48H2,1-4H3. The van der Waals surface area contributed by atoms with Crippen LogP contribution in [-0.4, -0.2) is 77.1 Å². The summed E-state index contributed by atoms with van der Waals surface area (Å²) in [6, 6.07) is 38.3. The lowest BCUT2D eigenvalue weighted by molar-refractivity contribution is -0.135. The summed E-state index contributed by atoms with van der Waals surface area (Å²) in [5.41, 5.74) is 7.52. The van der Waals surface area contributed by atoms with E-state index in [1.807, 2.05) is 178 Å². The van der Waals surface area contributed by atoms with Crippen LogP contribution < -0.4 is 29.4 Å². The molecule has 0 fully saturated rings. The Bertz CT molecular complexity index is 2150. The monoisotopic (exact) mass is 1140 g/mol. The van der Waals surface area contributed by atoms with E-state index >= 15 is 0 Å². The number of rotatable bonds is 34. The molecule has 80 heavy (non-hydrogen) atoms. The van der Waals surface area contributed by atoms with Crippen molar-refractivity contribution in [1.29, 1.82) is 0 Å². The van der Waals surface area contributed by atoms with Crippen molar-refractivity contribution in [2.24, 2.45) is 0 Å². The average Bonchev–Trinajstić information content (AvgIpc) is 3.40. The van der Waals surface area contributed by atoms with E-state index in [1.54, 1.807) is 0 Å². The maximum absolute atomic E-state index is 13.2. The van der Waals surface area contributed by atoms with E-state index in [-0.39, 0.29) is 51.9 Å². The first kappa shape index (κ1) is 64.9. The quantitative estimate of drug-likeness (QED) is 0.0380. The van der Waals surface area contributed by atoms with Gasteiger partial charge < -0.3 is 29.4 Å². The van der Waals surface area contributed by atoms with E-state index < -0.39 is 50.4 Å². The third-order valence-electron chi connectivity index (χ3n) is 13.9. The van der Waals surface area contributed by atoms with Gasteiger partial charge >= 0.3 is 24.7 Å². The summed E-state index contributed by atoms with van der Waals surface area (Å²) < 4.78 is 159. The number of nitrogens with zero attached hydrogens (tertiary/aromatic N) is 6. The molecule has 0 spiro atoms. The lowest BCUT2D eigenvalue weighted by Gasteiger charge is -2.31. The Hall–Kier alpha value is -5.94. The van der Waals surface area contributed by atoms with Crippen LogP contribution in [0.3, 0.4) is 0 Å². The molecule has 0 unspecified atom stereocenters. The number of alkyl halides is 12. The predicted molar refractivity (Wildman–Crippen MR) is 305 cm³/mol. The van der Waals surface area contributed by atoms with Crippen LogP contribution in [0.1, 0.15) is 130 Å². The van der Waals surface area contributed by atoms with Gasteiger partial charge in [-0.3, -0.25) is 0 Å². The maximum Gasteiger partial charge on any atom is 0.389 e. The number of unbranched alkanes of at least 4 members (excludes halogenated alkanes) is 4. The van der Waals surface area contributed by atoms with Gasteiger partial charge in [0.1, 0.15) is 0 Å². The predicted octanol–water partition coefficient (Wildman–Crippen LogP) is 20.4. The first-order valence-corrected chi connectivity index (χ1v) is 28.4. The zero-order chi connectivity index (χ0) is 58.4. The average molecular weight is 1140 g/mol. The van der Waals surface area contributed by atoms with Crippen molar-refractivity contribution in [2.45, 2.75) is 155 Å². The fraction of sp³-hybridized carbons (Fsp3) is 0.516. The molecule has 442 valence electrons. The summed E-state index contributed by atoms with van der Waals surface area (Å²) in [4.78, 5) is 11.9. The summed E-state index contributed by atoms with van der Waals surface area (Å²) in [7, 11) is 0. The Kier molecular flexibility index (Phi) is 25.4. The highest BCUT2D eigenvalue weighted by molar-refractivity contribution is 5.82. The minimum Gasteiger partial charge on any atom is -0.372 e. The Labute approximate surface area is 466 Å². The molecule has 0 aromatic heterocycles. The highest BCUT2D eigenvalue weighted by atomic mass is 19.4. The second-order valence-corrected chi connectivity index (χ2v) is 20.5. The van der Waals surface area contributed by atoms with Gasteiger partial charge in [-0.15, -0.1) is 0 Å². The van der Waals surface area contributed by atoms with Crippen LogP contribution in [0.15, 0.2) is 121 Å². The van der Waals surface area contributed by atoms with Gasteiger partial charge in [0.25, 0.3) is 0 Å². The smallest absolute Gasteiger partial charge is 0.372 e. The van der Waals surface area contributed by atoms with Crippen LogP contribution in [0.25, 0.3) is 0 Å². The normalized spacial score (nSPS) is 12.2. The zero-order valence-electron chi connectivity index (χ0n) is 46.7. The Morgan fingerprint density at radius 3 is 0.500 bits per heavy atom. The van der Waals surface area contributed by atoms with Gasteiger partial charge in [0.05, 0.1) is 0 Å². The minimum absolute atomic E-state index is 0.0535. The first-order chi connectivity index (χ1) is 38.0. The van der Waals surface area contributed by atoms with Crippen LogP contribution in [0, 0.1) is 0 Å². The second-order valence-electron chi connectivity index (χ2n) is 20.5. The number of anilines is 10. The van der Waals surface area contributed by atoms with Crippen LogP contribution in [-0.2, 0) is 0 Å². The van der Waals surface area contributed by atoms with Crippen molar-refractivity contribution >= 4 is 56.9 Å². The molecule has 0 atom stereocenters. The lowest BCUT2D eigenvalue weighted by Crippen LogP contribution is -2.27. The molecule has 5 aromatic carbocycles. The van der Waals surface area contributed by atoms with Gasteiger partial charge in [-0.05, 0) is 173 Å². The molecule has 5 rings (SSSR count). The molecule has 0 aliphatic carbocycles. The van der Waals surface area contributed by atoms with Crippen LogP contribution in [0.5, 0.6) is 0 Å². The Balaban J connectivity index is 1.59. The van der Waals surface area contributed by atoms with Crippen LogP contribution in [0.2, 0.25) is 0 Å². The van der Waals surface area contributed by atoms with Crippen molar-refractivity contribution in [1.82, 2.24) is 0 Å². The highest BCUT2D eigenvalue weighted by Crippen LogP contribution is 2.42. The maximum atomic E-state index is 13.2. The van der Waals surface area contributed by atoms with Crippen molar-refractivity contribution in [3.05, 3.63) is 121 Å². The molecule has 0 N–H and O–H groups in total. The fourth-order valence-corrected chi connectivity index (χ4v) is 9.65. The molecule has 0 bridgehead atoms. The molecule has 0 saturated carbocycles. The minimum atomic E-state index is -4.27. The topological polar surface area (TPSA) is 19.4 Å². The van der Waals surface area contributed by atoms with E-state index in [0.29, 0.717) is 26.2 Å². The molecule has 0 aliphatic rings. The molecule has 0 aliphatic heterocycles. The largest absolute Gasteiger partial charge is 0.389 e. The molecular formula is C62H80F12N6. The Morgan fingerprint density at radius 1 is 0.225 bits per heavy atom. The van der Waals surface area contributed by atoms with Crippen molar-refractivity contribution in [2.75, 3.05) is 81.8 Å². The van der Waals surface area contributed by atoms with E-state index in [2.05, 4.69) is 0 Å². The van der Waals surface area contributed by atoms with Gasteiger partial charge in [-0.2, -0.15) is 52.7 Å². The highest BCUT2D eigenvalue weighted by Gasteiger charge is 2.30. The molecule has 0 radical (unpaired) electrons. The number of hydrogen-bond donors (Lipinski definition) is 0. The van der Waals surface area contributed by atoms with Gasteiger partial charge in [-0.1, -0.05) is 53.4 Å². The summed E-state index contributed by atoms with van der Waals surface area (Å²) in [6.07, 6.45) is -14.2. The molecule has 0 amide bonds. The number of hydrogen-bond acceptors (Lipinski definition) is 6. The molecule has 6 nitrogen and oxygen atoms in total. The third kappa shape index (κ3) is 22.2. The Morgan fingerprint density at radius 2 is 0.362 bits per heavy atom. The summed E-state index contributed by atoms with van der Waals surface area (Å²) in [6.45, 7) is 11.3. The van der Waals surface area contributed by atoms with Gasteiger partial charge in [0.2, 0.25) is 0 Å². The number of halogens is 12. The SMILES string of the molecule is CCCCN(CCCC(F)(F)F)c1ccc(N(c2ccc(N(CCCC)CCCC(F)(F)F)cc2)c2ccc(N(c3ccc(N(CCCC)CCCC(F)(F)F)cc3)c3ccc(N(CCCC)CCCC(F)(F)F)cc3)cc2)cc1. The van der Waals surface area contributed by atoms with E-state index in [1.165, 1.54) is 0 Å². The second kappa shape index (κ2) is 31.3. The molecular weight excluding hydrogens is 1060 g/mol. The zero-order valence-corrected chi connectivity index (χ0v) is 46.7. The lowest BCUT2D eigenvalue weighted by atomic mass is 10.1. The van der Waals surface area contributed by atoms with Crippen molar-refractivity contribution < 1.29 is 52.7 Å². The van der Waals surface area contributed by atoms with Crippen LogP contribution in [0.4, 0.5) is 110 Å². The molecule has 5 aromatic rings. The summed E-state index contributed by atoms with van der Waals surface area (Å²) >= 11 is 0. The molecule has 0 saturated heterocycles. The van der Waals surface area contributed by atoms with E-state index in [9.17, 15) is 52.7 Å². The van der Waals surface area contributed by atoms with Crippen molar-refractivity contribution in [3.63, 3.8) is 0 Å². The summed E-state index contributed by atoms with van der Waals surface area (Å²) in [5, 5.41) is 0. The number of benzene rings is 5. The van der Waals surface area contributed by atoms with Gasteiger partial charge in [0.15, 0.2) is 0 Å². The van der Waals surface area contributed by atoms with Crippen LogP contribution >= 0.6 is 0 Å². The van der Waals surface area contributed by atoms with Crippen molar-refractivity contribution in [3.8, 4) is 0 Å². The fourth-order valence-electron chi connectivity index (χ4n) is 9.65. The first-order valence-electron chi connectivity index (χ1n) is 28.4. The van der Waals surface area contributed by atoms with E-state index in [4.69, 9.17) is 0 Å². The summed E-state index contributed by atoms with van der Waals surface area (Å²) in [5.74, 6) is 0. The van der Waals surface area contributed by atoms with Gasteiger partial charge in [-0.25, -0.2) is 0 Å².